The molecule has 8 unspecified atom stereocenters. The van der Waals surface area contributed by atoms with Crippen LogP contribution >= 0.6 is 11.6 Å². The number of carbonyl (C=O) groups excluding carboxylic acids is 3. The van der Waals surface area contributed by atoms with Gasteiger partial charge in [-0.05, 0) is 91.6 Å². The van der Waals surface area contributed by atoms with Crippen LogP contribution in [0.4, 0.5) is 0 Å². The number of aromatic nitrogens is 1. The van der Waals surface area contributed by atoms with E-state index in [0.29, 0.717) is 64.2 Å². The SMILES string of the molecule is COc1ccc2c(c1)c(CC(=O)OC1C3(C(C)C)OC3CC3(O)C4(C)CCC5=C(COC5=O)C4CC4OC413)c(C)n2C(=O)c1ccc(Cl)cc1. The predicted octanol–water partition coefficient (Wildman–Crippen LogP) is 5.49. The first-order valence-electron chi connectivity index (χ1n) is 17.5. The Morgan fingerprint density at radius 3 is 2.60 bits per heavy atom. The molecule has 0 radical (unpaired) electrons. The van der Waals surface area contributed by atoms with E-state index >= 15 is 0 Å². The van der Waals surface area contributed by atoms with Gasteiger partial charge >= 0.3 is 11.9 Å². The number of cyclic esters (lactones) is 1. The molecule has 2 saturated heterocycles. The second-order valence-corrected chi connectivity index (χ2v) is 15.9. The molecule has 0 bridgehead atoms. The molecule has 3 aliphatic carbocycles. The van der Waals surface area contributed by atoms with E-state index in [4.69, 9.17) is 35.3 Å². The smallest absolute Gasteiger partial charge is 0.334 e. The molecule has 8 atom stereocenters. The highest BCUT2D eigenvalue weighted by molar-refractivity contribution is 6.30. The number of epoxide rings is 2. The third-order valence-corrected chi connectivity index (χ3v) is 13.5. The van der Waals surface area contributed by atoms with E-state index in [0.717, 1.165) is 11.1 Å². The van der Waals surface area contributed by atoms with Crippen molar-refractivity contribution in [2.75, 3.05) is 13.7 Å². The maximum atomic E-state index is 14.3. The highest BCUT2D eigenvalue weighted by Crippen LogP contribution is 2.76. The molecule has 1 N–H and O–H groups in total. The van der Waals surface area contributed by atoms with Crippen molar-refractivity contribution >= 4 is 40.3 Å². The number of methoxy groups -OCH3 is 1. The molecular formula is C39H40ClNO9. The third kappa shape index (κ3) is 3.93. The Bertz CT molecular complexity index is 2050. The molecule has 1 spiro atoms. The van der Waals surface area contributed by atoms with E-state index in [9.17, 15) is 19.5 Å². The van der Waals surface area contributed by atoms with Crippen molar-refractivity contribution < 1.29 is 43.2 Å². The van der Waals surface area contributed by atoms with Crippen molar-refractivity contribution in [1.29, 1.82) is 0 Å². The largest absolute Gasteiger partial charge is 0.497 e. The van der Waals surface area contributed by atoms with Crippen LogP contribution in [0.3, 0.4) is 0 Å². The molecule has 3 aromatic rings. The second-order valence-electron chi connectivity index (χ2n) is 15.5. The molecule has 2 aromatic carbocycles. The van der Waals surface area contributed by atoms with Gasteiger partial charge in [0.05, 0.1) is 31.3 Å². The number of aliphatic hydroxyl groups is 1. The highest BCUT2D eigenvalue weighted by Gasteiger charge is 2.91. The Labute approximate surface area is 294 Å². The minimum absolute atomic E-state index is 0.0222. The maximum absolute atomic E-state index is 14.3. The maximum Gasteiger partial charge on any atom is 0.334 e. The van der Waals surface area contributed by atoms with Crippen LogP contribution in [0.5, 0.6) is 5.75 Å². The summed E-state index contributed by atoms with van der Waals surface area (Å²) in [5, 5.41) is 14.2. The fraction of sp³-hybridized carbons (Fsp3) is 0.513. The van der Waals surface area contributed by atoms with Crippen molar-refractivity contribution in [3.63, 3.8) is 0 Å². The Balaban J connectivity index is 1.08. The van der Waals surface area contributed by atoms with Crippen molar-refractivity contribution in [3.05, 3.63) is 75.5 Å². The van der Waals surface area contributed by atoms with Gasteiger partial charge in [-0.3, -0.25) is 14.2 Å². The van der Waals surface area contributed by atoms with Crippen LogP contribution in [0.1, 0.15) is 68.1 Å². The normalized spacial score (nSPS) is 36.2. The zero-order valence-electron chi connectivity index (χ0n) is 28.7. The second kappa shape index (κ2) is 10.4. The van der Waals surface area contributed by atoms with E-state index in [2.05, 4.69) is 20.8 Å². The number of ether oxygens (including phenoxy) is 5. The topological polar surface area (TPSA) is 129 Å². The van der Waals surface area contributed by atoms with Gasteiger partial charge in [0.25, 0.3) is 5.91 Å². The molecule has 9 rings (SSSR count). The molecule has 262 valence electrons. The van der Waals surface area contributed by atoms with Gasteiger partial charge in [0.15, 0.2) is 11.7 Å². The Kier molecular flexibility index (Phi) is 6.73. The third-order valence-electron chi connectivity index (χ3n) is 13.3. The average molecular weight is 702 g/mol. The number of nitrogens with zero attached hydrogens (tertiary/aromatic N) is 1. The molecular weight excluding hydrogens is 662 g/mol. The summed E-state index contributed by atoms with van der Waals surface area (Å²) < 4.78 is 32.3. The van der Waals surface area contributed by atoms with Gasteiger partial charge < -0.3 is 28.8 Å². The average Bonchev–Trinajstić information content (AvgIpc) is 3.95. The minimum atomic E-state index is -1.37. The fourth-order valence-corrected chi connectivity index (χ4v) is 10.6. The first-order chi connectivity index (χ1) is 23.8. The Hall–Kier alpha value is -3.70. The first-order valence-corrected chi connectivity index (χ1v) is 17.8. The lowest BCUT2D eigenvalue weighted by molar-refractivity contribution is -0.222. The quantitative estimate of drug-likeness (QED) is 0.262. The van der Waals surface area contributed by atoms with Crippen LogP contribution in [0, 0.1) is 24.2 Å². The molecule has 6 aliphatic rings. The number of rotatable bonds is 6. The number of carbonyl (C=O) groups is 3. The summed E-state index contributed by atoms with van der Waals surface area (Å²) in [5.74, 6) is -0.537. The van der Waals surface area contributed by atoms with Crippen LogP contribution in [0.15, 0.2) is 53.6 Å². The molecule has 1 aromatic heterocycles. The van der Waals surface area contributed by atoms with Crippen LogP contribution in [-0.2, 0) is 35.0 Å². The van der Waals surface area contributed by atoms with Gasteiger partial charge in [-0.1, -0.05) is 32.4 Å². The number of halogens is 1. The van der Waals surface area contributed by atoms with Gasteiger partial charge in [0, 0.05) is 39.1 Å². The van der Waals surface area contributed by atoms with Gasteiger partial charge in [0.1, 0.15) is 23.6 Å². The van der Waals surface area contributed by atoms with Crippen molar-refractivity contribution in [2.24, 2.45) is 17.3 Å². The summed E-state index contributed by atoms with van der Waals surface area (Å²) in [6, 6.07) is 12.1. The number of hydrogen-bond donors (Lipinski definition) is 1. The van der Waals surface area contributed by atoms with E-state index in [1.165, 1.54) is 0 Å². The highest BCUT2D eigenvalue weighted by atomic mass is 35.5. The minimum Gasteiger partial charge on any atom is -0.497 e. The Morgan fingerprint density at radius 2 is 1.88 bits per heavy atom. The molecule has 2 saturated carbocycles. The van der Waals surface area contributed by atoms with Crippen molar-refractivity contribution in [2.45, 2.75) is 94.9 Å². The zero-order valence-corrected chi connectivity index (χ0v) is 29.5. The van der Waals surface area contributed by atoms with Crippen molar-refractivity contribution in [1.82, 2.24) is 4.57 Å². The fourth-order valence-electron chi connectivity index (χ4n) is 10.5. The summed E-state index contributed by atoms with van der Waals surface area (Å²) in [6.45, 7) is 8.27. The summed E-state index contributed by atoms with van der Waals surface area (Å²) >= 11 is 6.10. The molecule has 3 aliphatic heterocycles. The number of hydrogen-bond acceptors (Lipinski definition) is 9. The summed E-state index contributed by atoms with van der Waals surface area (Å²) in [6.07, 6.45) is 0.390. The lowest BCUT2D eigenvalue weighted by Crippen LogP contribution is -2.74. The van der Waals surface area contributed by atoms with Crippen molar-refractivity contribution in [3.8, 4) is 5.75 Å². The Morgan fingerprint density at radius 1 is 1.12 bits per heavy atom. The van der Waals surface area contributed by atoms with E-state index < -0.39 is 34.3 Å². The number of fused-ring (bicyclic) bond motifs is 5. The zero-order chi connectivity index (χ0) is 35.1. The first kappa shape index (κ1) is 32.2. The molecule has 4 heterocycles. The van der Waals surface area contributed by atoms with E-state index in [1.807, 2.05) is 19.1 Å². The van der Waals surface area contributed by atoms with Gasteiger partial charge in [-0.25, -0.2) is 4.79 Å². The standard InChI is InChI=1S/C39H40ClNO9/c1-19(2)38-31(49-38)17-37(45)36(4)13-12-24-27(18-47-34(24)44)28(36)16-30-39(37,50-30)35(38)48-32(42)15-25-20(3)41(29-11-10-23(46-5)14-26(25)29)33(43)21-6-8-22(40)9-7-21/h6-11,14,19,28,30-31,35,45H,12-13,15-18H2,1-5H3. The molecule has 4 fully saturated rings. The lowest BCUT2D eigenvalue weighted by atomic mass is 9.44. The van der Waals surface area contributed by atoms with Crippen LogP contribution in [0.25, 0.3) is 10.9 Å². The molecule has 50 heavy (non-hydrogen) atoms. The molecule has 10 nitrogen and oxygen atoms in total. The van der Waals surface area contributed by atoms with Crippen LogP contribution < -0.4 is 4.74 Å². The lowest BCUT2D eigenvalue weighted by Gasteiger charge is -2.60. The number of esters is 2. The van der Waals surface area contributed by atoms with Gasteiger partial charge in [0.2, 0.25) is 0 Å². The monoisotopic (exact) mass is 701 g/mol. The van der Waals surface area contributed by atoms with Gasteiger partial charge in [-0.2, -0.15) is 0 Å². The summed E-state index contributed by atoms with van der Waals surface area (Å²) in [5.41, 5.74) is 0.0894. The predicted molar refractivity (Wildman–Crippen MR) is 181 cm³/mol. The van der Waals surface area contributed by atoms with E-state index in [-0.39, 0.29) is 48.9 Å². The van der Waals surface area contributed by atoms with Crippen LogP contribution in [-0.4, -0.2) is 76.4 Å². The van der Waals surface area contributed by atoms with Gasteiger partial charge in [-0.15, -0.1) is 0 Å². The van der Waals surface area contributed by atoms with Crippen LogP contribution in [0.2, 0.25) is 5.02 Å². The molecule has 11 heteroatoms. The number of benzene rings is 2. The molecule has 0 amide bonds. The van der Waals surface area contributed by atoms with E-state index in [1.54, 1.807) is 42.0 Å². The summed E-state index contributed by atoms with van der Waals surface area (Å²) in [7, 11) is 1.57. The summed E-state index contributed by atoms with van der Waals surface area (Å²) in [4.78, 5) is 40.7.